The number of esters is 1. The summed E-state index contributed by atoms with van der Waals surface area (Å²) < 4.78 is 43.4. The highest BCUT2D eigenvalue weighted by Gasteiger charge is 2.67. The molecule has 3 unspecified atom stereocenters. The first-order chi connectivity index (χ1) is 12.9. The largest absolute Gasteiger partial charge is 0.506 e. The van der Waals surface area contributed by atoms with E-state index in [1.807, 2.05) is 0 Å². The summed E-state index contributed by atoms with van der Waals surface area (Å²) in [5, 5.41) is 10.6. The number of ether oxygens (including phenoxy) is 1. The fourth-order valence-electron chi connectivity index (χ4n) is 3.70. The summed E-state index contributed by atoms with van der Waals surface area (Å²) in [6, 6.07) is 1.61. The van der Waals surface area contributed by atoms with Crippen molar-refractivity contribution < 1.29 is 37.4 Å². The molecular weight excluding hydrogens is 379 g/mol. The molecule has 2 aliphatic carbocycles. The van der Waals surface area contributed by atoms with Crippen molar-refractivity contribution in [3.8, 4) is 0 Å². The number of alkyl halides is 3. The summed E-state index contributed by atoms with van der Waals surface area (Å²) in [6.45, 7) is 4.22. The van der Waals surface area contributed by atoms with Gasteiger partial charge in [0.25, 0.3) is 0 Å². The summed E-state index contributed by atoms with van der Waals surface area (Å²) in [5.74, 6) is -4.16. The predicted molar refractivity (Wildman–Crippen MR) is 89.9 cm³/mol. The second-order valence-corrected chi connectivity index (χ2v) is 7.12. The molecule has 2 aliphatic rings. The Morgan fingerprint density at radius 3 is 2.54 bits per heavy atom. The molecule has 1 aromatic rings. The van der Waals surface area contributed by atoms with Crippen molar-refractivity contribution in [1.29, 1.82) is 0 Å². The normalized spacial score (nSPS) is 28.6. The number of aryl methyl sites for hydroxylation is 1. The minimum atomic E-state index is -4.67. The van der Waals surface area contributed by atoms with Crippen LogP contribution < -0.4 is 0 Å². The topological polar surface area (TPSA) is 93.6 Å². The Hall–Kier alpha value is -2.71. The highest BCUT2D eigenvalue weighted by atomic mass is 19.4. The molecule has 1 aromatic heterocycles. The third-order valence-corrected chi connectivity index (χ3v) is 5.38. The molecule has 2 fully saturated rings. The van der Waals surface area contributed by atoms with Gasteiger partial charge in [-0.05, 0) is 45.2 Å². The maximum absolute atomic E-state index is 13.0. The van der Waals surface area contributed by atoms with Gasteiger partial charge in [-0.3, -0.25) is 14.4 Å². The number of aliphatic hydroxyl groups is 1. The average molecular weight is 397 g/mol. The lowest BCUT2D eigenvalue weighted by atomic mass is 9.70. The lowest BCUT2D eigenvalue weighted by Gasteiger charge is -2.30. The third-order valence-electron chi connectivity index (χ3n) is 5.38. The number of hydrogen-bond donors (Lipinski definition) is 1. The van der Waals surface area contributed by atoms with Crippen molar-refractivity contribution in [2.24, 2.45) is 17.3 Å². The summed E-state index contributed by atoms with van der Waals surface area (Å²) in [4.78, 5) is 41.4. The third kappa shape index (κ3) is 2.89. The van der Waals surface area contributed by atoms with E-state index >= 15 is 0 Å². The van der Waals surface area contributed by atoms with E-state index in [4.69, 9.17) is 4.74 Å². The molecule has 0 radical (unpaired) electrons. The van der Waals surface area contributed by atoms with Gasteiger partial charge in [-0.25, -0.2) is 4.98 Å². The standard InChI is InChI=1S/C19H18F3NO5/c1-4-28-17(27)18(3)11-7-10(11)15(25)13(16(18)26)14(24)9-5-6-12(19(20,21)22)23-8(9)2/h5-6,10-11,24H,4,7H2,1-3H3/b14-13+. The van der Waals surface area contributed by atoms with Gasteiger partial charge in [0.2, 0.25) is 0 Å². The Kier molecular flexibility index (Phi) is 4.60. The van der Waals surface area contributed by atoms with Crippen molar-refractivity contribution in [1.82, 2.24) is 4.98 Å². The van der Waals surface area contributed by atoms with Crippen LogP contribution in [0.3, 0.4) is 0 Å². The van der Waals surface area contributed by atoms with Crippen molar-refractivity contribution in [3.05, 3.63) is 34.7 Å². The van der Waals surface area contributed by atoms with Crippen LogP contribution >= 0.6 is 0 Å². The molecule has 3 atom stereocenters. The number of carbonyl (C=O) groups excluding carboxylic acids is 3. The Morgan fingerprint density at radius 2 is 2.00 bits per heavy atom. The molecule has 0 bridgehead atoms. The number of ketones is 2. The molecule has 1 N–H and O–H groups in total. The van der Waals surface area contributed by atoms with E-state index in [1.54, 1.807) is 6.92 Å². The van der Waals surface area contributed by atoms with Gasteiger partial charge in [-0.2, -0.15) is 13.2 Å². The van der Waals surface area contributed by atoms with E-state index in [1.165, 1.54) is 13.8 Å². The van der Waals surface area contributed by atoms with E-state index in [0.29, 0.717) is 12.5 Å². The first-order valence-electron chi connectivity index (χ1n) is 8.69. The summed E-state index contributed by atoms with van der Waals surface area (Å²) >= 11 is 0. The van der Waals surface area contributed by atoms with Crippen LogP contribution in [-0.2, 0) is 25.3 Å². The number of carbonyl (C=O) groups is 3. The van der Waals surface area contributed by atoms with Crippen LogP contribution in [0, 0.1) is 24.2 Å². The molecule has 28 heavy (non-hydrogen) atoms. The molecule has 0 aromatic carbocycles. The second kappa shape index (κ2) is 6.42. The summed E-state index contributed by atoms with van der Waals surface area (Å²) in [6.07, 6.45) is -4.37. The quantitative estimate of drug-likeness (QED) is 0.277. The molecule has 6 nitrogen and oxygen atoms in total. The van der Waals surface area contributed by atoms with Gasteiger partial charge < -0.3 is 9.84 Å². The number of nitrogens with zero attached hydrogens (tertiary/aromatic N) is 1. The van der Waals surface area contributed by atoms with Crippen LogP contribution in [0.15, 0.2) is 17.7 Å². The molecule has 0 spiro atoms. The minimum absolute atomic E-state index is 0.0417. The highest BCUT2D eigenvalue weighted by Crippen LogP contribution is 2.58. The number of Topliss-reactive ketones (excluding diaryl/α,β-unsaturated/α-hetero) is 2. The van der Waals surface area contributed by atoms with Gasteiger partial charge in [-0.1, -0.05) is 0 Å². The van der Waals surface area contributed by atoms with Crippen molar-refractivity contribution in [2.45, 2.75) is 33.4 Å². The van der Waals surface area contributed by atoms with Gasteiger partial charge in [0, 0.05) is 17.2 Å². The average Bonchev–Trinajstić information content (AvgIpc) is 3.40. The first kappa shape index (κ1) is 20.0. The zero-order chi connectivity index (χ0) is 21.0. The lowest BCUT2D eigenvalue weighted by Crippen LogP contribution is -2.46. The van der Waals surface area contributed by atoms with E-state index in [2.05, 4.69) is 4.98 Å². The smallest absolute Gasteiger partial charge is 0.433 e. The SMILES string of the molecule is CCOC(=O)C1(C)C(=O)/C(=C(/O)c2ccc(C(F)(F)F)nc2C)C(=O)C2CC21. The molecule has 1 heterocycles. The number of pyridine rings is 1. The van der Waals surface area contributed by atoms with Crippen LogP contribution in [0.2, 0.25) is 0 Å². The summed E-state index contributed by atoms with van der Waals surface area (Å²) in [5.41, 5.74) is -3.73. The number of halogens is 3. The monoisotopic (exact) mass is 397 g/mol. The molecule has 0 aliphatic heterocycles. The molecular formula is C19H18F3NO5. The molecule has 2 saturated carbocycles. The van der Waals surface area contributed by atoms with Crippen LogP contribution in [0.25, 0.3) is 5.76 Å². The number of hydrogen-bond acceptors (Lipinski definition) is 6. The fourth-order valence-corrected chi connectivity index (χ4v) is 3.70. The number of aliphatic hydroxyl groups excluding tert-OH is 1. The number of allylic oxidation sites excluding steroid dienone is 1. The van der Waals surface area contributed by atoms with Crippen LogP contribution in [0.1, 0.15) is 37.2 Å². The Labute approximate surface area is 158 Å². The first-order valence-corrected chi connectivity index (χ1v) is 8.69. The minimum Gasteiger partial charge on any atom is -0.506 e. The number of rotatable bonds is 3. The van der Waals surface area contributed by atoms with Crippen LogP contribution in [0.5, 0.6) is 0 Å². The Balaban J connectivity index is 2.10. The molecule has 9 heteroatoms. The van der Waals surface area contributed by atoms with Gasteiger partial charge in [0.15, 0.2) is 11.6 Å². The van der Waals surface area contributed by atoms with E-state index in [0.717, 1.165) is 6.07 Å². The highest BCUT2D eigenvalue weighted by molar-refractivity contribution is 6.33. The van der Waals surface area contributed by atoms with Gasteiger partial charge in [-0.15, -0.1) is 0 Å². The van der Waals surface area contributed by atoms with Gasteiger partial charge in [0.05, 0.1) is 6.61 Å². The maximum Gasteiger partial charge on any atom is 0.433 e. The van der Waals surface area contributed by atoms with E-state index in [9.17, 15) is 32.7 Å². The Morgan fingerprint density at radius 1 is 1.36 bits per heavy atom. The molecule has 0 amide bonds. The fraction of sp³-hybridized carbons (Fsp3) is 0.474. The number of fused-ring (bicyclic) bond motifs is 1. The zero-order valence-corrected chi connectivity index (χ0v) is 15.4. The summed E-state index contributed by atoms with van der Waals surface area (Å²) in [7, 11) is 0. The van der Waals surface area contributed by atoms with Crippen molar-refractivity contribution in [3.63, 3.8) is 0 Å². The molecule has 150 valence electrons. The zero-order valence-electron chi connectivity index (χ0n) is 15.4. The molecule has 3 rings (SSSR count). The van der Waals surface area contributed by atoms with Crippen molar-refractivity contribution >= 4 is 23.3 Å². The predicted octanol–water partition coefficient (Wildman–Crippen LogP) is 3.04. The van der Waals surface area contributed by atoms with Gasteiger partial charge in [0.1, 0.15) is 22.4 Å². The lowest BCUT2D eigenvalue weighted by molar-refractivity contribution is -0.160. The Bertz CT molecular complexity index is 921. The van der Waals surface area contributed by atoms with E-state index < -0.39 is 58.0 Å². The maximum atomic E-state index is 13.0. The van der Waals surface area contributed by atoms with Crippen LogP contribution in [0.4, 0.5) is 13.2 Å². The van der Waals surface area contributed by atoms with E-state index in [-0.39, 0.29) is 17.9 Å². The van der Waals surface area contributed by atoms with Crippen LogP contribution in [-0.4, -0.2) is 34.2 Å². The van der Waals surface area contributed by atoms with Gasteiger partial charge >= 0.3 is 12.1 Å². The molecule has 0 saturated heterocycles. The second-order valence-electron chi connectivity index (χ2n) is 7.12. The number of aromatic nitrogens is 1. The van der Waals surface area contributed by atoms with Crippen molar-refractivity contribution in [2.75, 3.05) is 6.61 Å².